The first-order valence-electron chi connectivity index (χ1n) is 5.27. The maximum Gasteiger partial charge on any atom is 0.235 e. The van der Waals surface area contributed by atoms with E-state index < -0.39 is 5.41 Å². The van der Waals surface area contributed by atoms with Gasteiger partial charge in [0, 0.05) is 24.1 Å². The van der Waals surface area contributed by atoms with Crippen molar-refractivity contribution in [2.75, 3.05) is 18.8 Å². The van der Waals surface area contributed by atoms with Gasteiger partial charge >= 0.3 is 0 Å². The van der Waals surface area contributed by atoms with Crippen LogP contribution in [-0.4, -0.2) is 39.9 Å². The normalized spacial score (nSPS) is 28.6. The molecule has 1 aliphatic heterocycles. The van der Waals surface area contributed by atoms with Crippen LogP contribution >= 0.6 is 24.0 Å². The smallest absolute Gasteiger partial charge is 0.235 e. The van der Waals surface area contributed by atoms with Gasteiger partial charge in [-0.1, -0.05) is 19.1 Å². The van der Waals surface area contributed by atoms with Gasteiger partial charge in [-0.25, -0.2) is 0 Å². The average Bonchev–Trinajstić information content (AvgIpc) is 2.97. The molecule has 1 aliphatic carbocycles. The van der Waals surface area contributed by atoms with Crippen molar-refractivity contribution in [2.45, 2.75) is 25.0 Å². The lowest BCUT2D eigenvalue weighted by atomic mass is 10.1. The molecule has 0 radical (unpaired) electrons. The third kappa shape index (κ3) is 1.99. The summed E-state index contributed by atoms with van der Waals surface area (Å²) < 4.78 is 0. The summed E-state index contributed by atoms with van der Waals surface area (Å²) in [7, 11) is 0. The lowest BCUT2D eigenvalue weighted by molar-refractivity contribution is -0.134. The van der Waals surface area contributed by atoms with Crippen LogP contribution in [0.1, 0.15) is 19.8 Å². The molecule has 2 aliphatic rings. The third-order valence-electron chi connectivity index (χ3n) is 3.16. The summed E-state index contributed by atoms with van der Waals surface area (Å²) in [4.78, 5) is 14.5. The minimum Gasteiger partial charge on any atom is -0.392 e. The molecule has 1 saturated heterocycles. The molecule has 0 aromatic carbocycles. The Morgan fingerprint density at radius 2 is 2.27 bits per heavy atom. The van der Waals surface area contributed by atoms with Crippen molar-refractivity contribution < 1.29 is 4.79 Å². The highest BCUT2D eigenvalue weighted by Crippen LogP contribution is 2.47. The van der Waals surface area contributed by atoms with E-state index >= 15 is 0 Å². The fourth-order valence-electron chi connectivity index (χ4n) is 2.00. The molecule has 1 heterocycles. The van der Waals surface area contributed by atoms with Crippen molar-refractivity contribution in [3.8, 4) is 0 Å². The molecule has 0 aromatic heterocycles. The molecular weight excluding hydrogens is 228 g/mol. The fraction of sp³-hybridized carbons (Fsp3) is 0.800. The number of thioether (sulfide) groups is 1. The first-order chi connectivity index (χ1) is 7.06. The van der Waals surface area contributed by atoms with Gasteiger partial charge in [-0.2, -0.15) is 11.8 Å². The summed E-state index contributed by atoms with van der Waals surface area (Å²) in [5.41, 5.74) is 5.19. The SMILES string of the molecule is CC1CN(C(=O)C2(C(N)=S)CC2)CCS1. The van der Waals surface area contributed by atoms with E-state index in [0.717, 1.165) is 31.7 Å². The Balaban J connectivity index is 2.04. The fourth-order valence-corrected chi connectivity index (χ4v) is 3.30. The highest BCUT2D eigenvalue weighted by Gasteiger charge is 2.54. The zero-order chi connectivity index (χ0) is 11.1. The molecule has 2 rings (SSSR count). The largest absolute Gasteiger partial charge is 0.392 e. The van der Waals surface area contributed by atoms with Crippen LogP contribution in [0.15, 0.2) is 0 Å². The van der Waals surface area contributed by atoms with Gasteiger partial charge in [0.2, 0.25) is 5.91 Å². The van der Waals surface area contributed by atoms with E-state index in [-0.39, 0.29) is 5.91 Å². The second-order valence-electron chi connectivity index (χ2n) is 4.38. The number of carbonyl (C=O) groups excluding carboxylic acids is 1. The quantitative estimate of drug-likeness (QED) is 0.737. The van der Waals surface area contributed by atoms with E-state index in [1.54, 1.807) is 0 Å². The van der Waals surface area contributed by atoms with Crippen molar-refractivity contribution in [2.24, 2.45) is 11.1 Å². The maximum absolute atomic E-state index is 12.2. The van der Waals surface area contributed by atoms with E-state index in [0.29, 0.717) is 10.2 Å². The Kier molecular flexibility index (Phi) is 2.94. The van der Waals surface area contributed by atoms with E-state index in [1.807, 2.05) is 16.7 Å². The predicted octanol–water partition coefficient (Wildman–Crippen LogP) is 1.02. The average molecular weight is 244 g/mol. The van der Waals surface area contributed by atoms with E-state index in [9.17, 15) is 4.79 Å². The molecule has 0 bridgehead atoms. The summed E-state index contributed by atoms with van der Waals surface area (Å²) in [5.74, 6) is 1.20. The van der Waals surface area contributed by atoms with Gasteiger partial charge in [-0.15, -0.1) is 0 Å². The summed E-state index contributed by atoms with van der Waals surface area (Å²) in [5, 5.41) is 0.532. The molecular formula is C10H16N2OS2. The number of hydrogen-bond donors (Lipinski definition) is 1. The number of nitrogens with zero attached hydrogens (tertiary/aromatic N) is 1. The highest BCUT2D eigenvalue weighted by atomic mass is 32.2. The van der Waals surface area contributed by atoms with Crippen LogP contribution in [0.4, 0.5) is 0 Å². The predicted molar refractivity (Wildman–Crippen MR) is 67.0 cm³/mol. The van der Waals surface area contributed by atoms with Crippen LogP contribution in [0.2, 0.25) is 0 Å². The molecule has 0 aromatic rings. The number of carbonyl (C=O) groups is 1. The highest BCUT2D eigenvalue weighted by molar-refractivity contribution is 7.99. The van der Waals surface area contributed by atoms with Gasteiger partial charge in [0.15, 0.2) is 0 Å². The van der Waals surface area contributed by atoms with Crippen LogP contribution in [0.3, 0.4) is 0 Å². The molecule has 1 saturated carbocycles. The summed E-state index contributed by atoms with van der Waals surface area (Å²) in [6.45, 7) is 3.84. The van der Waals surface area contributed by atoms with Crippen molar-refractivity contribution in [1.82, 2.24) is 4.90 Å². The summed E-state index contributed by atoms with van der Waals surface area (Å²) in [6.07, 6.45) is 1.69. The molecule has 1 amide bonds. The minimum absolute atomic E-state index is 0.169. The van der Waals surface area contributed by atoms with Gasteiger partial charge in [0.05, 0.1) is 10.4 Å². The standard InChI is InChI=1S/C10H16N2OS2/c1-7-6-12(4-5-15-7)9(13)10(2-3-10)8(11)14/h7H,2-6H2,1H3,(H2,11,14). The second kappa shape index (κ2) is 3.94. The summed E-state index contributed by atoms with van der Waals surface area (Å²) in [6, 6.07) is 0. The van der Waals surface area contributed by atoms with Gasteiger partial charge in [-0.3, -0.25) is 4.79 Å². The minimum atomic E-state index is -0.461. The van der Waals surface area contributed by atoms with Crippen molar-refractivity contribution in [3.05, 3.63) is 0 Å². The first-order valence-corrected chi connectivity index (χ1v) is 6.73. The number of thiocarbonyl (C=S) groups is 1. The third-order valence-corrected chi connectivity index (χ3v) is 4.69. The van der Waals surface area contributed by atoms with Crippen LogP contribution in [0.25, 0.3) is 0 Å². The van der Waals surface area contributed by atoms with Crippen molar-refractivity contribution in [3.63, 3.8) is 0 Å². The van der Waals surface area contributed by atoms with Gasteiger partial charge in [0.25, 0.3) is 0 Å². The van der Waals surface area contributed by atoms with Crippen LogP contribution in [-0.2, 0) is 4.79 Å². The summed E-state index contributed by atoms with van der Waals surface area (Å²) >= 11 is 6.91. The first kappa shape index (κ1) is 11.2. The van der Waals surface area contributed by atoms with Crippen molar-refractivity contribution in [1.29, 1.82) is 0 Å². The molecule has 3 nitrogen and oxygen atoms in total. The number of amides is 1. The van der Waals surface area contributed by atoms with E-state index in [1.165, 1.54) is 0 Å². The zero-order valence-corrected chi connectivity index (χ0v) is 10.5. The Bertz CT molecular complexity index is 302. The number of nitrogens with two attached hydrogens (primary N) is 1. The molecule has 84 valence electrons. The van der Waals surface area contributed by atoms with Gasteiger partial charge in [-0.05, 0) is 12.8 Å². The monoisotopic (exact) mass is 244 g/mol. The molecule has 0 spiro atoms. The van der Waals surface area contributed by atoms with Crippen LogP contribution in [0.5, 0.6) is 0 Å². The lowest BCUT2D eigenvalue weighted by Gasteiger charge is -2.33. The second-order valence-corrected chi connectivity index (χ2v) is 6.37. The topological polar surface area (TPSA) is 46.3 Å². The molecule has 2 fully saturated rings. The Morgan fingerprint density at radius 3 is 2.73 bits per heavy atom. The zero-order valence-electron chi connectivity index (χ0n) is 8.86. The van der Waals surface area contributed by atoms with Gasteiger partial charge < -0.3 is 10.6 Å². The van der Waals surface area contributed by atoms with E-state index in [2.05, 4.69) is 6.92 Å². The van der Waals surface area contributed by atoms with Crippen LogP contribution < -0.4 is 5.73 Å². The Morgan fingerprint density at radius 1 is 1.60 bits per heavy atom. The Labute approximate surface area is 99.8 Å². The molecule has 1 unspecified atom stereocenters. The molecule has 1 atom stereocenters. The lowest BCUT2D eigenvalue weighted by Crippen LogP contribution is -2.47. The Hall–Kier alpha value is -0.290. The number of rotatable bonds is 2. The number of hydrogen-bond acceptors (Lipinski definition) is 3. The van der Waals surface area contributed by atoms with E-state index in [4.69, 9.17) is 18.0 Å². The maximum atomic E-state index is 12.2. The molecule has 2 N–H and O–H groups in total. The van der Waals surface area contributed by atoms with Crippen molar-refractivity contribution >= 4 is 34.9 Å². The van der Waals surface area contributed by atoms with Gasteiger partial charge in [0.1, 0.15) is 0 Å². The van der Waals surface area contributed by atoms with Crippen LogP contribution in [0, 0.1) is 5.41 Å². The molecule has 15 heavy (non-hydrogen) atoms. The molecule has 5 heteroatoms.